The standard InChI is InChI=1S/C63H38N2/c1-62-46-24-10-5-20-41(46)43-23-15-29-56(60(43)62)64(54-34-30-38(36-51(54)62)37-16-3-2-4-17-37)55-35-33-49-58-57(55)45-22-9-14-28-53(45)65-52-27-13-8-21-42(52)44-31-32-50(59(58)61(44)65)63(49)47-25-11-6-18-39(47)40-19-7-12-26-48(40)63/h2-36H,1H3. The molecule has 1 spiro atoms. The van der Waals surface area contributed by atoms with Crippen LogP contribution in [0.25, 0.3) is 83.1 Å². The van der Waals surface area contributed by atoms with Crippen molar-refractivity contribution in [3.05, 3.63) is 251 Å². The second-order valence-electron chi connectivity index (χ2n) is 18.8. The largest absolute Gasteiger partial charge is 0.309 e. The van der Waals surface area contributed by atoms with E-state index in [1.54, 1.807) is 0 Å². The number of anilines is 3. The van der Waals surface area contributed by atoms with Gasteiger partial charge in [0.15, 0.2) is 0 Å². The predicted molar refractivity (Wildman–Crippen MR) is 267 cm³/mol. The van der Waals surface area contributed by atoms with Crippen molar-refractivity contribution in [2.24, 2.45) is 0 Å². The van der Waals surface area contributed by atoms with E-state index in [1.165, 1.54) is 139 Å². The van der Waals surface area contributed by atoms with Crippen molar-refractivity contribution in [3.8, 4) is 61.3 Å². The van der Waals surface area contributed by atoms with Gasteiger partial charge in [-0.1, -0.05) is 176 Å². The summed E-state index contributed by atoms with van der Waals surface area (Å²) in [7, 11) is 0. The molecule has 0 saturated heterocycles. The van der Waals surface area contributed by atoms with E-state index < -0.39 is 5.41 Å². The summed E-state index contributed by atoms with van der Waals surface area (Å²) in [4.78, 5) is 2.64. The van der Waals surface area contributed by atoms with E-state index in [2.05, 4.69) is 229 Å². The number of benzene rings is 10. The normalized spacial score (nSPS) is 16.5. The van der Waals surface area contributed by atoms with Gasteiger partial charge in [-0.25, -0.2) is 0 Å². The highest BCUT2D eigenvalue weighted by molar-refractivity contribution is 6.21. The highest BCUT2D eigenvalue weighted by Crippen LogP contribution is 2.69. The van der Waals surface area contributed by atoms with Crippen LogP contribution >= 0.6 is 0 Å². The highest BCUT2D eigenvalue weighted by Gasteiger charge is 2.55. The van der Waals surface area contributed by atoms with Gasteiger partial charge in [0.1, 0.15) is 0 Å². The number of para-hydroxylation sites is 2. The fraction of sp³-hybridized carbons (Fsp3) is 0.0476. The minimum atomic E-state index is -0.495. The van der Waals surface area contributed by atoms with Gasteiger partial charge >= 0.3 is 0 Å². The van der Waals surface area contributed by atoms with E-state index in [1.807, 2.05) is 0 Å². The van der Waals surface area contributed by atoms with Crippen molar-refractivity contribution in [1.29, 1.82) is 0 Å². The molecule has 65 heavy (non-hydrogen) atoms. The van der Waals surface area contributed by atoms with Gasteiger partial charge in [0.2, 0.25) is 0 Å². The van der Waals surface area contributed by atoms with Crippen LogP contribution < -0.4 is 4.90 Å². The van der Waals surface area contributed by atoms with Crippen LogP contribution in [0.2, 0.25) is 0 Å². The molecular weight excluding hydrogens is 785 g/mol. The van der Waals surface area contributed by atoms with E-state index in [0.29, 0.717) is 0 Å². The van der Waals surface area contributed by atoms with E-state index in [9.17, 15) is 0 Å². The SMILES string of the molecule is CC12c3ccccc3-c3cccc(c31)N(c1ccc3c4c1-c1ccccc1-n1c5ccccc5c5ccc(c-4c51)C31c3ccccc3-c3ccccc31)c1ccc(-c3ccccc3)cc12. The van der Waals surface area contributed by atoms with Crippen molar-refractivity contribution in [2.75, 3.05) is 4.90 Å². The molecule has 3 aliphatic carbocycles. The molecule has 0 radical (unpaired) electrons. The van der Waals surface area contributed by atoms with E-state index in [-0.39, 0.29) is 5.41 Å². The van der Waals surface area contributed by atoms with E-state index >= 15 is 0 Å². The molecule has 1 atom stereocenters. The smallest absolute Gasteiger partial charge is 0.0726 e. The third kappa shape index (κ3) is 3.81. The van der Waals surface area contributed by atoms with Gasteiger partial charge in [-0.2, -0.15) is 0 Å². The Balaban J connectivity index is 1.09. The van der Waals surface area contributed by atoms with Crippen LogP contribution in [0.5, 0.6) is 0 Å². The average Bonchev–Trinajstić information content (AvgIpc) is 4.03. The van der Waals surface area contributed by atoms with Crippen molar-refractivity contribution in [1.82, 2.24) is 4.57 Å². The van der Waals surface area contributed by atoms with Gasteiger partial charge in [0.05, 0.1) is 39.2 Å². The molecule has 5 aliphatic rings. The molecule has 0 amide bonds. The van der Waals surface area contributed by atoms with E-state index in [0.717, 1.165) is 0 Å². The Morgan fingerprint density at radius 3 is 1.74 bits per heavy atom. The molecule has 10 aromatic carbocycles. The number of fused-ring (bicyclic) bond motifs is 18. The summed E-state index contributed by atoms with van der Waals surface area (Å²) in [6.07, 6.45) is 0. The molecule has 16 rings (SSSR count). The molecule has 0 N–H and O–H groups in total. The first-order valence-corrected chi connectivity index (χ1v) is 22.9. The Morgan fingerprint density at radius 2 is 0.938 bits per heavy atom. The maximum Gasteiger partial charge on any atom is 0.0726 e. The first-order chi connectivity index (χ1) is 32.2. The monoisotopic (exact) mass is 822 g/mol. The number of hydrogen-bond acceptors (Lipinski definition) is 1. The fourth-order valence-electron chi connectivity index (χ4n) is 13.7. The Morgan fingerprint density at radius 1 is 0.338 bits per heavy atom. The fourth-order valence-corrected chi connectivity index (χ4v) is 13.7. The summed E-state index contributed by atoms with van der Waals surface area (Å²) in [5, 5.41) is 2.58. The molecule has 0 bridgehead atoms. The van der Waals surface area contributed by atoms with Crippen molar-refractivity contribution >= 4 is 38.9 Å². The zero-order valence-corrected chi connectivity index (χ0v) is 35.6. The molecule has 2 aliphatic heterocycles. The Labute approximate surface area is 376 Å². The highest BCUT2D eigenvalue weighted by atomic mass is 15.2. The average molecular weight is 823 g/mol. The van der Waals surface area contributed by atoms with Crippen LogP contribution in [-0.4, -0.2) is 4.57 Å². The lowest BCUT2D eigenvalue weighted by molar-refractivity contribution is 0.702. The maximum atomic E-state index is 2.64. The van der Waals surface area contributed by atoms with Crippen LogP contribution in [0.1, 0.15) is 45.9 Å². The van der Waals surface area contributed by atoms with Gasteiger partial charge in [0.25, 0.3) is 0 Å². The van der Waals surface area contributed by atoms with Crippen LogP contribution in [0, 0.1) is 0 Å². The van der Waals surface area contributed by atoms with Gasteiger partial charge in [-0.15, -0.1) is 0 Å². The van der Waals surface area contributed by atoms with Crippen LogP contribution in [-0.2, 0) is 10.8 Å². The first kappa shape index (κ1) is 34.3. The molecule has 3 heterocycles. The summed E-state index contributed by atoms with van der Waals surface area (Å²) in [5.74, 6) is 0. The first-order valence-electron chi connectivity index (χ1n) is 22.9. The number of aromatic nitrogens is 1. The molecule has 300 valence electrons. The second-order valence-corrected chi connectivity index (χ2v) is 18.8. The summed E-state index contributed by atoms with van der Waals surface area (Å²) in [6, 6.07) is 80.8. The Hall–Kier alpha value is -8.20. The van der Waals surface area contributed by atoms with Crippen LogP contribution in [0.15, 0.2) is 212 Å². The summed E-state index contributed by atoms with van der Waals surface area (Å²) in [6.45, 7) is 2.48. The quantitative estimate of drug-likeness (QED) is 0.169. The second kappa shape index (κ2) is 11.7. The molecule has 0 fully saturated rings. The van der Waals surface area contributed by atoms with Crippen LogP contribution in [0.4, 0.5) is 17.1 Å². The lowest BCUT2D eigenvalue weighted by Gasteiger charge is -2.43. The zero-order chi connectivity index (χ0) is 42.3. The third-order valence-electron chi connectivity index (χ3n) is 16.1. The number of rotatable bonds is 2. The molecular formula is C63H38N2. The molecule has 11 aromatic rings. The molecule has 0 saturated carbocycles. The minimum Gasteiger partial charge on any atom is -0.309 e. The predicted octanol–water partition coefficient (Wildman–Crippen LogP) is 15.9. The molecule has 1 aromatic heterocycles. The Kier molecular flexibility index (Phi) is 6.16. The van der Waals surface area contributed by atoms with Gasteiger partial charge in [-0.3, -0.25) is 0 Å². The number of nitrogens with zero attached hydrogens (tertiary/aromatic N) is 2. The minimum absolute atomic E-state index is 0.362. The lowest BCUT2D eigenvalue weighted by Crippen LogP contribution is -2.32. The van der Waals surface area contributed by atoms with Crippen molar-refractivity contribution in [3.63, 3.8) is 0 Å². The molecule has 1 unspecified atom stereocenters. The third-order valence-corrected chi connectivity index (χ3v) is 16.1. The van der Waals surface area contributed by atoms with Crippen LogP contribution in [0.3, 0.4) is 0 Å². The topological polar surface area (TPSA) is 8.17 Å². The lowest BCUT2D eigenvalue weighted by atomic mass is 9.69. The number of hydrogen-bond donors (Lipinski definition) is 0. The molecule has 2 heteroatoms. The summed E-state index contributed by atoms with van der Waals surface area (Å²) >= 11 is 0. The van der Waals surface area contributed by atoms with Crippen molar-refractivity contribution in [2.45, 2.75) is 17.8 Å². The Bertz CT molecular complexity index is 3930. The van der Waals surface area contributed by atoms with Gasteiger partial charge < -0.3 is 9.47 Å². The summed E-state index contributed by atoms with van der Waals surface area (Å²) in [5.41, 5.74) is 29.0. The molecule has 2 nitrogen and oxygen atoms in total. The van der Waals surface area contributed by atoms with Gasteiger partial charge in [-0.05, 0) is 121 Å². The van der Waals surface area contributed by atoms with E-state index in [4.69, 9.17) is 0 Å². The van der Waals surface area contributed by atoms with Crippen molar-refractivity contribution < 1.29 is 0 Å². The maximum absolute atomic E-state index is 2.64. The van der Waals surface area contributed by atoms with Gasteiger partial charge in [0, 0.05) is 32.9 Å². The zero-order valence-electron chi connectivity index (χ0n) is 35.6. The summed E-state index contributed by atoms with van der Waals surface area (Å²) < 4.78 is 2.60.